The topological polar surface area (TPSA) is 57.8 Å². The molecule has 0 aliphatic heterocycles. The van der Waals surface area contributed by atoms with Gasteiger partial charge in [0, 0.05) is 17.7 Å². The van der Waals surface area contributed by atoms with Gasteiger partial charge in [-0.05, 0) is 38.5 Å². The first-order valence-electron chi connectivity index (χ1n) is 7.52. The maximum Gasteiger partial charge on any atom is 0.228 e. The van der Waals surface area contributed by atoms with Crippen LogP contribution in [0.3, 0.4) is 0 Å². The van der Waals surface area contributed by atoms with E-state index in [0.717, 1.165) is 24.5 Å². The predicted octanol–water partition coefficient (Wildman–Crippen LogP) is 3.65. The SMILES string of the molecule is CCCCC1CCC(C(=O)Nc2cc(C)[nH]n2)CC1. The number of anilines is 1. The number of carbonyl (C=O) groups is 1. The normalized spacial score (nSPS) is 23.3. The smallest absolute Gasteiger partial charge is 0.228 e. The second-order valence-corrected chi connectivity index (χ2v) is 5.79. The molecule has 1 aromatic heterocycles. The van der Waals surface area contributed by atoms with Gasteiger partial charge in [0.05, 0.1) is 0 Å². The predicted molar refractivity (Wildman–Crippen MR) is 76.9 cm³/mol. The summed E-state index contributed by atoms with van der Waals surface area (Å²) in [7, 11) is 0. The lowest BCUT2D eigenvalue weighted by Gasteiger charge is -2.27. The zero-order valence-electron chi connectivity index (χ0n) is 12.0. The highest BCUT2D eigenvalue weighted by molar-refractivity contribution is 5.91. The molecule has 0 spiro atoms. The van der Waals surface area contributed by atoms with Crippen LogP contribution in [-0.4, -0.2) is 16.1 Å². The van der Waals surface area contributed by atoms with Crippen molar-refractivity contribution in [3.05, 3.63) is 11.8 Å². The molecule has 0 atom stereocenters. The minimum atomic E-state index is 0.139. The summed E-state index contributed by atoms with van der Waals surface area (Å²) >= 11 is 0. The molecule has 1 saturated carbocycles. The number of amides is 1. The number of unbranched alkanes of at least 4 members (excludes halogenated alkanes) is 1. The fourth-order valence-electron chi connectivity index (χ4n) is 2.92. The van der Waals surface area contributed by atoms with Crippen LogP contribution in [0.5, 0.6) is 0 Å². The Kier molecular flexibility index (Phi) is 5.00. The van der Waals surface area contributed by atoms with E-state index in [4.69, 9.17) is 0 Å². The first-order valence-corrected chi connectivity index (χ1v) is 7.52. The number of aryl methyl sites for hydroxylation is 1. The summed E-state index contributed by atoms with van der Waals surface area (Å²) in [6.45, 7) is 4.17. The fourth-order valence-corrected chi connectivity index (χ4v) is 2.92. The van der Waals surface area contributed by atoms with E-state index in [1.807, 2.05) is 13.0 Å². The summed E-state index contributed by atoms with van der Waals surface area (Å²) in [5.41, 5.74) is 0.971. The number of hydrogen-bond donors (Lipinski definition) is 2. The molecule has 1 aliphatic carbocycles. The Morgan fingerprint density at radius 3 is 2.74 bits per heavy atom. The van der Waals surface area contributed by atoms with Gasteiger partial charge in [0.1, 0.15) is 0 Å². The van der Waals surface area contributed by atoms with Gasteiger partial charge in [-0.2, -0.15) is 5.10 Å². The summed E-state index contributed by atoms with van der Waals surface area (Å²) in [5.74, 6) is 1.81. The third-order valence-corrected chi connectivity index (χ3v) is 4.14. The Hall–Kier alpha value is -1.32. The van der Waals surface area contributed by atoms with Crippen LogP contribution in [0.1, 0.15) is 57.6 Å². The van der Waals surface area contributed by atoms with Gasteiger partial charge >= 0.3 is 0 Å². The molecule has 1 aliphatic rings. The van der Waals surface area contributed by atoms with Crippen molar-refractivity contribution in [2.75, 3.05) is 5.32 Å². The summed E-state index contributed by atoms with van der Waals surface area (Å²) in [6, 6.07) is 1.87. The Morgan fingerprint density at radius 2 is 2.16 bits per heavy atom. The van der Waals surface area contributed by atoms with Gasteiger partial charge in [-0.3, -0.25) is 9.89 Å². The largest absolute Gasteiger partial charge is 0.309 e. The summed E-state index contributed by atoms with van der Waals surface area (Å²) < 4.78 is 0. The quantitative estimate of drug-likeness (QED) is 0.851. The molecule has 1 fully saturated rings. The van der Waals surface area contributed by atoms with E-state index in [1.165, 1.54) is 32.1 Å². The summed E-state index contributed by atoms with van der Waals surface area (Å²) in [4.78, 5) is 12.1. The van der Waals surface area contributed by atoms with Crippen molar-refractivity contribution >= 4 is 11.7 Å². The molecule has 0 bridgehead atoms. The number of nitrogens with one attached hydrogen (secondary N) is 2. The maximum absolute atomic E-state index is 12.1. The Labute approximate surface area is 115 Å². The molecule has 0 saturated heterocycles. The van der Waals surface area contributed by atoms with E-state index >= 15 is 0 Å². The Morgan fingerprint density at radius 1 is 1.42 bits per heavy atom. The average Bonchev–Trinajstić information content (AvgIpc) is 2.82. The van der Waals surface area contributed by atoms with Gasteiger partial charge in [0.25, 0.3) is 0 Å². The van der Waals surface area contributed by atoms with Crippen molar-refractivity contribution < 1.29 is 4.79 Å². The van der Waals surface area contributed by atoms with Crippen molar-refractivity contribution in [1.29, 1.82) is 0 Å². The number of aromatic nitrogens is 2. The average molecular weight is 263 g/mol. The first-order chi connectivity index (χ1) is 9.19. The van der Waals surface area contributed by atoms with Crippen LogP contribution < -0.4 is 5.32 Å². The number of hydrogen-bond acceptors (Lipinski definition) is 2. The second kappa shape index (κ2) is 6.73. The van der Waals surface area contributed by atoms with Crippen LogP contribution in [0.4, 0.5) is 5.82 Å². The second-order valence-electron chi connectivity index (χ2n) is 5.79. The lowest BCUT2D eigenvalue weighted by Crippen LogP contribution is -2.27. The van der Waals surface area contributed by atoms with Crippen LogP contribution >= 0.6 is 0 Å². The van der Waals surface area contributed by atoms with E-state index < -0.39 is 0 Å². The first kappa shape index (κ1) is 14.1. The monoisotopic (exact) mass is 263 g/mol. The molecule has 0 radical (unpaired) electrons. The molecule has 1 heterocycles. The molecule has 1 aromatic rings. The highest BCUT2D eigenvalue weighted by Crippen LogP contribution is 2.32. The molecule has 19 heavy (non-hydrogen) atoms. The number of rotatable bonds is 5. The molecule has 106 valence electrons. The zero-order valence-corrected chi connectivity index (χ0v) is 12.0. The number of nitrogens with zero attached hydrogens (tertiary/aromatic N) is 1. The van der Waals surface area contributed by atoms with E-state index in [0.29, 0.717) is 5.82 Å². The van der Waals surface area contributed by atoms with Crippen molar-refractivity contribution in [3.8, 4) is 0 Å². The van der Waals surface area contributed by atoms with Gasteiger partial charge < -0.3 is 5.32 Å². The van der Waals surface area contributed by atoms with Crippen LogP contribution in [0.2, 0.25) is 0 Å². The van der Waals surface area contributed by atoms with Crippen molar-refractivity contribution in [1.82, 2.24) is 10.2 Å². The number of H-pyrrole nitrogens is 1. The molecule has 1 amide bonds. The van der Waals surface area contributed by atoms with Gasteiger partial charge in [-0.1, -0.05) is 26.2 Å². The van der Waals surface area contributed by atoms with Crippen LogP contribution in [0.25, 0.3) is 0 Å². The Bertz CT molecular complexity index is 405. The van der Waals surface area contributed by atoms with Crippen molar-refractivity contribution in [2.24, 2.45) is 11.8 Å². The van der Waals surface area contributed by atoms with Gasteiger partial charge in [0.15, 0.2) is 5.82 Å². The minimum Gasteiger partial charge on any atom is -0.309 e. The molecular formula is C15H25N3O. The van der Waals surface area contributed by atoms with Gasteiger partial charge in [-0.15, -0.1) is 0 Å². The molecule has 0 unspecified atom stereocenters. The number of aromatic amines is 1. The van der Waals surface area contributed by atoms with E-state index in [-0.39, 0.29) is 11.8 Å². The minimum absolute atomic E-state index is 0.139. The molecule has 4 nitrogen and oxygen atoms in total. The third kappa shape index (κ3) is 4.08. The summed E-state index contributed by atoms with van der Waals surface area (Å²) in [6.07, 6.45) is 8.42. The van der Waals surface area contributed by atoms with Crippen molar-refractivity contribution in [2.45, 2.75) is 58.8 Å². The highest BCUT2D eigenvalue weighted by Gasteiger charge is 2.26. The van der Waals surface area contributed by atoms with Gasteiger partial charge in [-0.25, -0.2) is 0 Å². The molecular weight excluding hydrogens is 238 g/mol. The van der Waals surface area contributed by atoms with Crippen LogP contribution in [0.15, 0.2) is 6.07 Å². The molecule has 2 N–H and O–H groups in total. The van der Waals surface area contributed by atoms with Crippen molar-refractivity contribution in [3.63, 3.8) is 0 Å². The Balaban J connectivity index is 1.76. The summed E-state index contributed by atoms with van der Waals surface area (Å²) in [5, 5.41) is 9.80. The highest BCUT2D eigenvalue weighted by atomic mass is 16.1. The van der Waals surface area contributed by atoms with E-state index in [2.05, 4.69) is 22.4 Å². The van der Waals surface area contributed by atoms with E-state index in [9.17, 15) is 4.79 Å². The van der Waals surface area contributed by atoms with Crippen LogP contribution in [-0.2, 0) is 4.79 Å². The molecule has 2 rings (SSSR count). The van der Waals surface area contributed by atoms with Gasteiger partial charge in [0.2, 0.25) is 5.91 Å². The van der Waals surface area contributed by atoms with E-state index in [1.54, 1.807) is 0 Å². The maximum atomic E-state index is 12.1. The molecule has 0 aromatic carbocycles. The number of carbonyl (C=O) groups excluding carboxylic acids is 1. The molecule has 4 heteroatoms. The van der Waals surface area contributed by atoms with Crippen LogP contribution in [0, 0.1) is 18.8 Å². The lowest BCUT2D eigenvalue weighted by atomic mass is 9.79. The lowest BCUT2D eigenvalue weighted by molar-refractivity contribution is -0.121. The fraction of sp³-hybridized carbons (Fsp3) is 0.733. The standard InChI is InChI=1S/C15H25N3O/c1-3-4-5-12-6-8-13(9-7-12)15(19)16-14-10-11(2)17-18-14/h10,12-13H,3-9H2,1-2H3,(H2,16,17,18,19). The zero-order chi connectivity index (χ0) is 13.7. The third-order valence-electron chi connectivity index (χ3n) is 4.14.